The second kappa shape index (κ2) is 9.39. The number of rotatable bonds is 9. The molecule has 0 amide bonds. The number of carbonyl (C=O) groups is 2. The van der Waals surface area contributed by atoms with E-state index in [1.165, 1.54) is 5.56 Å². The molecule has 3 atom stereocenters. The Labute approximate surface area is 169 Å². The minimum Gasteiger partial charge on any atom is -0.493 e. The van der Waals surface area contributed by atoms with Crippen molar-refractivity contribution >= 4 is 17.5 Å². The van der Waals surface area contributed by atoms with Crippen LogP contribution in [0.4, 0.5) is 0 Å². The molecule has 0 radical (unpaired) electrons. The Balaban J connectivity index is 1.61. The van der Waals surface area contributed by atoms with Crippen LogP contribution in [0, 0.1) is 11.8 Å². The number of carboxylic acid groups (broad SMARTS) is 2. The maximum atomic E-state index is 11.4. The molecule has 0 unspecified atom stereocenters. The fourth-order valence-electron chi connectivity index (χ4n) is 3.81. The fourth-order valence-corrected chi connectivity index (χ4v) is 3.81. The van der Waals surface area contributed by atoms with Crippen LogP contribution in [0.25, 0.3) is 5.57 Å². The van der Waals surface area contributed by atoms with Crippen LogP contribution in [0.2, 0.25) is 0 Å². The summed E-state index contributed by atoms with van der Waals surface area (Å²) >= 11 is 0. The zero-order chi connectivity index (χ0) is 20.8. The maximum absolute atomic E-state index is 11.4. The SMILES string of the molecule is C=C(c1ccc(OCCc2ccccc2)cc1)[C@@H]1CN[C@@H](C(=O)O)[C@@H]1CC(=O)O. The predicted molar refractivity (Wildman–Crippen MR) is 110 cm³/mol. The first kappa shape index (κ1) is 20.6. The van der Waals surface area contributed by atoms with E-state index in [0.717, 1.165) is 23.3 Å². The highest BCUT2D eigenvalue weighted by molar-refractivity contribution is 5.78. The van der Waals surface area contributed by atoms with Crippen LogP contribution in [-0.2, 0) is 16.0 Å². The van der Waals surface area contributed by atoms with Crippen molar-refractivity contribution in [2.24, 2.45) is 11.8 Å². The van der Waals surface area contributed by atoms with Crippen LogP contribution in [-0.4, -0.2) is 41.3 Å². The van der Waals surface area contributed by atoms with E-state index < -0.39 is 23.9 Å². The molecular formula is C23H25NO5. The lowest BCUT2D eigenvalue weighted by Crippen LogP contribution is -2.36. The molecular weight excluding hydrogens is 370 g/mol. The van der Waals surface area contributed by atoms with Crippen molar-refractivity contribution in [3.8, 4) is 5.75 Å². The molecule has 0 spiro atoms. The Hall–Kier alpha value is -3.12. The number of ether oxygens (including phenoxy) is 1. The molecule has 1 heterocycles. The third-order valence-corrected chi connectivity index (χ3v) is 5.35. The van der Waals surface area contributed by atoms with Gasteiger partial charge in [0, 0.05) is 24.8 Å². The highest BCUT2D eigenvalue weighted by Crippen LogP contribution is 2.36. The van der Waals surface area contributed by atoms with Crippen molar-refractivity contribution in [1.29, 1.82) is 0 Å². The highest BCUT2D eigenvalue weighted by Gasteiger charge is 2.42. The Morgan fingerprint density at radius 2 is 1.76 bits per heavy atom. The third kappa shape index (κ3) is 5.23. The van der Waals surface area contributed by atoms with Crippen LogP contribution in [0.5, 0.6) is 5.75 Å². The summed E-state index contributed by atoms with van der Waals surface area (Å²) in [5, 5.41) is 21.5. The molecule has 3 N–H and O–H groups in total. The molecule has 0 aromatic heterocycles. The summed E-state index contributed by atoms with van der Waals surface area (Å²) in [5.74, 6) is -2.09. The molecule has 1 aliphatic rings. The minimum absolute atomic E-state index is 0.214. The van der Waals surface area contributed by atoms with Gasteiger partial charge in [0.25, 0.3) is 0 Å². The fraction of sp³-hybridized carbons (Fsp3) is 0.304. The van der Waals surface area contributed by atoms with Gasteiger partial charge in [0.05, 0.1) is 13.0 Å². The van der Waals surface area contributed by atoms with Gasteiger partial charge >= 0.3 is 11.9 Å². The average molecular weight is 395 g/mol. The lowest BCUT2D eigenvalue weighted by atomic mass is 9.81. The summed E-state index contributed by atoms with van der Waals surface area (Å²) in [5.41, 5.74) is 2.81. The van der Waals surface area contributed by atoms with Crippen LogP contribution in [0.3, 0.4) is 0 Å². The second-order valence-electron chi connectivity index (χ2n) is 7.23. The van der Waals surface area contributed by atoms with Crippen LogP contribution in [0.15, 0.2) is 61.2 Å². The smallest absolute Gasteiger partial charge is 0.321 e. The van der Waals surface area contributed by atoms with Gasteiger partial charge < -0.3 is 20.3 Å². The average Bonchev–Trinajstić information content (AvgIpc) is 3.12. The van der Waals surface area contributed by atoms with Gasteiger partial charge in [0.15, 0.2) is 0 Å². The first-order valence-electron chi connectivity index (χ1n) is 9.59. The van der Waals surface area contributed by atoms with Crippen molar-refractivity contribution in [1.82, 2.24) is 5.32 Å². The van der Waals surface area contributed by atoms with Crippen LogP contribution < -0.4 is 10.1 Å². The molecule has 0 bridgehead atoms. The molecule has 0 saturated carbocycles. The van der Waals surface area contributed by atoms with Crippen molar-refractivity contribution < 1.29 is 24.5 Å². The summed E-state index contributed by atoms with van der Waals surface area (Å²) in [4.78, 5) is 22.7. The summed E-state index contributed by atoms with van der Waals surface area (Å²) in [6.07, 6.45) is 0.602. The quantitative estimate of drug-likeness (QED) is 0.604. The Bertz CT molecular complexity index is 863. The predicted octanol–water partition coefficient (Wildman–Crippen LogP) is 3.08. The Morgan fingerprint density at radius 1 is 1.07 bits per heavy atom. The number of carboxylic acids is 2. The maximum Gasteiger partial charge on any atom is 0.321 e. The molecule has 3 rings (SSSR count). The van der Waals surface area contributed by atoms with E-state index in [-0.39, 0.29) is 12.3 Å². The summed E-state index contributed by atoms with van der Waals surface area (Å²) < 4.78 is 5.79. The molecule has 152 valence electrons. The minimum atomic E-state index is -1.03. The lowest BCUT2D eigenvalue weighted by Gasteiger charge is -2.22. The molecule has 6 heteroatoms. The van der Waals surface area contributed by atoms with E-state index in [9.17, 15) is 19.8 Å². The van der Waals surface area contributed by atoms with Gasteiger partial charge in [0.1, 0.15) is 11.8 Å². The van der Waals surface area contributed by atoms with Gasteiger partial charge in [-0.25, -0.2) is 0 Å². The van der Waals surface area contributed by atoms with Crippen molar-refractivity contribution in [3.63, 3.8) is 0 Å². The zero-order valence-electron chi connectivity index (χ0n) is 16.1. The first-order valence-corrected chi connectivity index (χ1v) is 9.59. The van der Waals surface area contributed by atoms with E-state index >= 15 is 0 Å². The summed E-state index contributed by atoms with van der Waals surface area (Å²) in [7, 11) is 0. The summed E-state index contributed by atoms with van der Waals surface area (Å²) in [6.45, 7) is 5.08. The monoisotopic (exact) mass is 395 g/mol. The van der Waals surface area contributed by atoms with Crippen LogP contribution in [0.1, 0.15) is 17.5 Å². The van der Waals surface area contributed by atoms with Crippen LogP contribution >= 0.6 is 0 Å². The van der Waals surface area contributed by atoms with Gasteiger partial charge in [-0.05, 0) is 28.8 Å². The standard InChI is InChI=1S/C23H25NO5/c1-15(20-14-24-22(23(27)28)19(20)13-21(25)26)17-7-9-18(10-8-17)29-12-11-16-5-3-2-4-6-16/h2-10,19-20,22,24H,1,11-14H2,(H,25,26)(H,27,28)/t19-,20+,22-/m1/s1. The van der Waals surface area contributed by atoms with Gasteiger partial charge in [0.2, 0.25) is 0 Å². The van der Waals surface area contributed by atoms with Crippen molar-refractivity contribution in [2.75, 3.05) is 13.2 Å². The van der Waals surface area contributed by atoms with Gasteiger partial charge in [-0.1, -0.05) is 49.0 Å². The highest BCUT2D eigenvalue weighted by atomic mass is 16.5. The van der Waals surface area contributed by atoms with Gasteiger partial charge in [-0.15, -0.1) is 0 Å². The van der Waals surface area contributed by atoms with E-state index in [1.807, 2.05) is 42.5 Å². The number of aliphatic carboxylic acids is 2. The molecule has 1 aliphatic heterocycles. The second-order valence-corrected chi connectivity index (χ2v) is 7.23. The number of hydrogen-bond donors (Lipinski definition) is 3. The zero-order valence-corrected chi connectivity index (χ0v) is 16.1. The Kier molecular flexibility index (Phi) is 6.67. The Morgan fingerprint density at radius 3 is 2.38 bits per heavy atom. The topological polar surface area (TPSA) is 95.9 Å². The molecule has 1 saturated heterocycles. The molecule has 1 fully saturated rings. The van der Waals surface area contributed by atoms with Crippen molar-refractivity contribution in [3.05, 3.63) is 72.3 Å². The van der Waals surface area contributed by atoms with Crippen molar-refractivity contribution in [2.45, 2.75) is 18.9 Å². The first-order chi connectivity index (χ1) is 14.0. The van der Waals surface area contributed by atoms with E-state index in [0.29, 0.717) is 13.2 Å². The van der Waals surface area contributed by atoms with E-state index in [2.05, 4.69) is 24.0 Å². The third-order valence-electron chi connectivity index (χ3n) is 5.35. The summed E-state index contributed by atoms with van der Waals surface area (Å²) in [6, 6.07) is 16.7. The van der Waals surface area contributed by atoms with Gasteiger partial charge in [-0.3, -0.25) is 9.59 Å². The molecule has 2 aromatic rings. The molecule has 0 aliphatic carbocycles. The molecule has 6 nitrogen and oxygen atoms in total. The number of benzene rings is 2. The van der Waals surface area contributed by atoms with Gasteiger partial charge in [-0.2, -0.15) is 0 Å². The largest absolute Gasteiger partial charge is 0.493 e. The molecule has 2 aromatic carbocycles. The number of hydrogen-bond acceptors (Lipinski definition) is 4. The van der Waals surface area contributed by atoms with E-state index in [1.54, 1.807) is 0 Å². The molecule has 29 heavy (non-hydrogen) atoms. The lowest BCUT2D eigenvalue weighted by molar-refractivity contribution is -0.142. The number of nitrogens with one attached hydrogen (secondary N) is 1. The van der Waals surface area contributed by atoms with E-state index in [4.69, 9.17) is 4.74 Å². The normalized spacial score (nSPS) is 20.9.